The van der Waals surface area contributed by atoms with Crippen LogP contribution in [0, 0.1) is 5.41 Å². The van der Waals surface area contributed by atoms with Gasteiger partial charge in [-0.2, -0.15) is 13.2 Å². The molecule has 0 aliphatic carbocycles. The number of primary amides is 1. The van der Waals surface area contributed by atoms with E-state index in [1.165, 1.54) is 18.3 Å². The van der Waals surface area contributed by atoms with Gasteiger partial charge in [0.15, 0.2) is 0 Å². The largest absolute Gasteiger partial charge is 0.447 e. The Morgan fingerprint density at radius 3 is 2.62 bits per heavy atom. The molecule has 1 saturated heterocycles. The number of carbonyl (C=O) groups is 2. The van der Waals surface area contributed by atoms with Crippen molar-refractivity contribution in [1.29, 1.82) is 0 Å². The number of amides is 2. The number of nitrogens with one attached hydrogen (secondary N) is 1. The van der Waals surface area contributed by atoms with Crippen LogP contribution in [0.3, 0.4) is 0 Å². The number of aromatic nitrogens is 1. The number of ether oxygens (including phenoxy) is 1. The molecule has 1 aliphatic rings. The van der Waals surface area contributed by atoms with Crippen LogP contribution in [0.1, 0.15) is 23.2 Å². The third-order valence-corrected chi connectivity index (χ3v) is 4.54. The monoisotopic (exact) mass is 363 g/mol. The minimum Gasteiger partial charge on any atom is -0.381 e. The van der Waals surface area contributed by atoms with Crippen LogP contribution in [0.5, 0.6) is 0 Å². The van der Waals surface area contributed by atoms with Crippen molar-refractivity contribution in [3.63, 3.8) is 0 Å². The second-order valence-electron chi connectivity index (χ2n) is 5.34. The normalized spacial score (nSPS) is 17.3. The van der Waals surface area contributed by atoms with E-state index in [9.17, 15) is 22.8 Å². The Balaban J connectivity index is 2.11. The predicted molar refractivity (Wildman–Crippen MR) is 80.2 cm³/mol. The van der Waals surface area contributed by atoms with Gasteiger partial charge in [-0.1, -0.05) is 0 Å². The van der Waals surface area contributed by atoms with E-state index in [1.54, 1.807) is 0 Å². The quantitative estimate of drug-likeness (QED) is 0.777. The molecular formula is C14H16F3N3O3S. The van der Waals surface area contributed by atoms with Crippen LogP contribution in [0.2, 0.25) is 0 Å². The summed E-state index contributed by atoms with van der Waals surface area (Å²) < 4.78 is 42.8. The van der Waals surface area contributed by atoms with E-state index in [1.807, 2.05) is 0 Å². The molecule has 0 aromatic carbocycles. The summed E-state index contributed by atoms with van der Waals surface area (Å²) in [6, 6.07) is 2.62. The molecule has 10 heteroatoms. The van der Waals surface area contributed by atoms with E-state index in [0.29, 0.717) is 26.1 Å². The number of hydrogen-bond donors (Lipinski definition) is 2. The molecule has 1 aromatic heterocycles. The van der Waals surface area contributed by atoms with Crippen molar-refractivity contribution in [3.05, 3.63) is 23.9 Å². The SMILES string of the molecule is NC(=O)C1(CNC(=O)c2cccnc2SC(F)(F)F)CCOCC1. The highest BCUT2D eigenvalue weighted by Gasteiger charge is 2.39. The maximum atomic E-state index is 12.5. The Bertz CT molecular complexity index is 619. The zero-order valence-corrected chi connectivity index (χ0v) is 13.4. The van der Waals surface area contributed by atoms with Crippen molar-refractivity contribution in [2.75, 3.05) is 19.8 Å². The Labute approximate surface area is 140 Å². The molecule has 3 N–H and O–H groups in total. The molecule has 0 saturated carbocycles. The van der Waals surface area contributed by atoms with Gasteiger partial charge in [0.2, 0.25) is 5.91 Å². The molecule has 2 rings (SSSR count). The van der Waals surface area contributed by atoms with Crippen molar-refractivity contribution in [2.45, 2.75) is 23.4 Å². The van der Waals surface area contributed by atoms with Crippen LogP contribution in [0.15, 0.2) is 23.4 Å². The number of halogens is 3. The van der Waals surface area contributed by atoms with Gasteiger partial charge >= 0.3 is 5.51 Å². The smallest absolute Gasteiger partial charge is 0.381 e. The minimum atomic E-state index is -4.56. The molecule has 0 spiro atoms. The van der Waals surface area contributed by atoms with Crippen molar-refractivity contribution >= 4 is 23.6 Å². The molecule has 0 radical (unpaired) electrons. The Morgan fingerprint density at radius 1 is 1.38 bits per heavy atom. The molecular weight excluding hydrogens is 347 g/mol. The van der Waals surface area contributed by atoms with Gasteiger partial charge in [-0.05, 0) is 25.0 Å². The van der Waals surface area contributed by atoms with E-state index in [2.05, 4.69) is 10.3 Å². The maximum absolute atomic E-state index is 12.5. The van der Waals surface area contributed by atoms with Gasteiger partial charge in [-0.15, -0.1) is 0 Å². The molecule has 0 atom stereocenters. The lowest BCUT2D eigenvalue weighted by Gasteiger charge is -2.34. The number of nitrogens with zero attached hydrogens (tertiary/aromatic N) is 1. The lowest BCUT2D eigenvalue weighted by molar-refractivity contribution is -0.132. The standard InChI is InChI=1S/C14H16F3N3O3S/c15-14(16,17)24-11-9(2-1-5-19-11)10(21)20-8-13(12(18)22)3-6-23-7-4-13/h1-2,5H,3-4,6-8H2,(H2,18,22)(H,20,21). The average Bonchev–Trinajstić information content (AvgIpc) is 2.52. The third-order valence-electron chi connectivity index (χ3n) is 3.79. The zero-order chi connectivity index (χ0) is 17.8. The summed E-state index contributed by atoms with van der Waals surface area (Å²) in [7, 11) is 0. The maximum Gasteiger partial charge on any atom is 0.447 e. The van der Waals surface area contributed by atoms with Gasteiger partial charge in [-0.3, -0.25) is 9.59 Å². The highest BCUT2D eigenvalue weighted by Crippen LogP contribution is 2.37. The summed E-state index contributed by atoms with van der Waals surface area (Å²) in [6.45, 7) is 0.608. The molecule has 0 unspecified atom stereocenters. The first-order valence-electron chi connectivity index (χ1n) is 7.10. The van der Waals surface area contributed by atoms with Crippen LogP contribution < -0.4 is 11.1 Å². The molecule has 132 valence electrons. The highest BCUT2D eigenvalue weighted by atomic mass is 32.2. The average molecular weight is 363 g/mol. The van der Waals surface area contributed by atoms with E-state index >= 15 is 0 Å². The van der Waals surface area contributed by atoms with Crippen molar-refractivity contribution < 1.29 is 27.5 Å². The lowest BCUT2D eigenvalue weighted by atomic mass is 9.79. The molecule has 6 nitrogen and oxygen atoms in total. The van der Waals surface area contributed by atoms with Crippen molar-refractivity contribution in [2.24, 2.45) is 11.1 Å². The molecule has 1 aromatic rings. The van der Waals surface area contributed by atoms with Gasteiger partial charge in [0, 0.05) is 37.7 Å². The highest BCUT2D eigenvalue weighted by molar-refractivity contribution is 8.00. The predicted octanol–water partition coefficient (Wildman–Crippen LogP) is 1.71. The number of thioether (sulfide) groups is 1. The summed E-state index contributed by atoms with van der Waals surface area (Å²) in [6.07, 6.45) is 1.87. The molecule has 1 aliphatic heterocycles. The first kappa shape index (κ1) is 18.5. The molecule has 1 fully saturated rings. The first-order valence-corrected chi connectivity index (χ1v) is 7.92. The number of pyridine rings is 1. The van der Waals surface area contributed by atoms with Crippen LogP contribution in [0.25, 0.3) is 0 Å². The third kappa shape index (κ3) is 4.60. The number of rotatable bonds is 5. The van der Waals surface area contributed by atoms with Crippen molar-refractivity contribution in [1.82, 2.24) is 10.3 Å². The number of nitrogens with two attached hydrogens (primary N) is 1. The van der Waals surface area contributed by atoms with Crippen LogP contribution in [-0.2, 0) is 9.53 Å². The van der Waals surface area contributed by atoms with Crippen molar-refractivity contribution in [3.8, 4) is 0 Å². The van der Waals surface area contributed by atoms with E-state index < -0.39 is 39.5 Å². The van der Waals surface area contributed by atoms with Gasteiger partial charge < -0.3 is 15.8 Å². The topological polar surface area (TPSA) is 94.3 Å². The van der Waals surface area contributed by atoms with Crippen LogP contribution in [0.4, 0.5) is 13.2 Å². The second-order valence-corrected chi connectivity index (χ2v) is 6.40. The lowest BCUT2D eigenvalue weighted by Crippen LogP contribution is -2.49. The molecule has 0 bridgehead atoms. The van der Waals surface area contributed by atoms with Gasteiger partial charge in [0.25, 0.3) is 5.91 Å². The minimum absolute atomic E-state index is 0.0600. The Kier molecular flexibility index (Phi) is 5.70. The van der Waals surface area contributed by atoms with Gasteiger partial charge in [0.05, 0.1) is 11.0 Å². The van der Waals surface area contributed by atoms with E-state index in [-0.39, 0.29) is 12.1 Å². The fourth-order valence-corrected chi connectivity index (χ4v) is 2.98. The summed E-state index contributed by atoms with van der Waals surface area (Å²) >= 11 is -0.461. The first-order chi connectivity index (χ1) is 11.2. The second kappa shape index (κ2) is 7.39. The summed E-state index contributed by atoms with van der Waals surface area (Å²) in [5.74, 6) is -1.30. The Hall–Kier alpha value is -1.81. The summed E-state index contributed by atoms with van der Waals surface area (Å²) in [5, 5.41) is 2.06. The van der Waals surface area contributed by atoms with Crippen LogP contribution >= 0.6 is 11.8 Å². The van der Waals surface area contributed by atoms with Crippen LogP contribution in [-0.4, -0.2) is 42.1 Å². The number of hydrogen-bond acceptors (Lipinski definition) is 5. The Morgan fingerprint density at radius 2 is 2.04 bits per heavy atom. The van der Waals surface area contributed by atoms with Gasteiger partial charge in [0.1, 0.15) is 5.03 Å². The van der Waals surface area contributed by atoms with Gasteiger partial charge in [-0.25, -0.2) is 4.98 Å². The van der Waals surface area contributed by atoms with E-state index in [0.717, 1.165) is 0 Å². The number of alkyl halides is 3. The zero-order valence-electron chi connectivity index (χ0n) is 12.6. The number of carbonyl (C=O) groups excluding carboxylic acids is 2. The summed E-state index contributed by atoms with van der Waals surface area (Å²) in [4.78, 5) is 27.6. The molecule has 2 amide bonds. The van der Waals surface area contributed by atoms with E-state index in [4.69, 9.17) is 10.5 Å². The summed E-state index contributed by atoms with van der Waals surface area (Å²) in [5.41, 5.74) is -0.281. The molecule has 24 heavy (non-hydrogen) atoms. The molecule has 2 heterocycles. The fourth-order valence-electron chi connectivity index (χ4n) is 2.37. The fraction of sp³-hybridized carbons (Fsp3) is 0.500.